The maximum absolute atomic E-state index is 13.4. The van der Waals surface area contributed by atoms with E-state index in [1.807, 2.05) is 6.92 Å². The van der Waals surface area contributed by atoms with Crippen LogP contribution in [-0.4, -0.2) is 31.0 Å². The number of pyridine rings is 1. The lowest BCUT2D eigenvalue weighted by atomic mass is 10.2. The van der Waals surface area contributed by atoms with Crippen LogP contribution in [0, 0.1) is 18.6 Å². The predicted octanol–water partition coefficient (Wildman–Crippen LogP) is 4.09. The first kappa shape index (κ1) is 19.2. The number of aliphatic hydroxyl groups excluding tert-OH is 1. The zero-order chi connectivity index (χ0) is 19.6. The van der Waals surface area contributed by atoms with E-state index >= 15 is 0 Å². The van der Waals surface area contributed by atoms with Crippen molar-refractivity contribution in [3.63, 3.8) is 0 Å². The number of aryl methyl sites for hydroxylation is 1. The summed E-state index contributed by atoms with van der Waals surface area (Å²) in [6, 6.07) is 6.86. The summed E-state index contributed by atoms with van der Waals surface area (Å²) in [5.74, 6) is -1.25. The molecule has 0 aliphatic rings. The molecule has 27 heavy (non-hydrogen) atoms. The summed E-state index contributed by atoms with van der Waals surface area (Å²) in [6.45, 7) is 3.88. The quantitative estimate of drug-likeness (QED) is 0.617. The topological polar surface area (TPSA) is 75.9 Å². The van der Waals surface area contributed by atoms with Crippen molar-refractivity contribution < 1.29 is 13.9 Å². The molecule has 0 spiro atoms. The van der Waals surface area contributed by atoms with Crippen molar-refractivity contribution in [3.05, 3.63) is 52.8 Å². The summed E-state index contributed by atoms with van der Waals surface area (Å²) >= 11 is 6.04. The fraction of sp³-hybridized carbons (Fsp3) is 0.278. The molecule has 2 N–H and O–H groups in total. The molecule has 3 rings (SSSR count). The zero-order valence-electron chi connectivity index (χ0n) is 14.7. The van der Waals surface area contributed by atoms with E-state index in [4.69, 9.17) is 11.6 Å². The van der Waals surface area contributed by atoms with Crippen LogP contribution in [0.4, 0.5) is 20.4 Å². The van der Waals surface area contributed by atoms with E-state index in [0.29, 0.717) is 34.3 Å². The lowest BCUT2D eigenvalue weighted by Crippen LogP contribution is -2.16. The van der Waals surface area contributed by atoms with E-state index < -0.39 is 17.7 Å². The van der Waals surface area contributed by atoms with Gasteiger partial charge in [-0.05, 0) is 37.6 Å². The van der Waals surface area contributed by atoms with Gasteiger partial charge in [-0.25, -0.2) is 18.4 Å². The lowest BCUT2D eigenvalue weighted by molar-refractivity contribution is 0.146. The molecule has 0 radical (unpaired) electrons. The molecule has 1 atom stereocenters. The number of nitrogens with one attached hydrogen (secondary N) is 1. The molecule has 6 nitrogen and oxygen atoms in total. The van der Waals surface area contributed by atoms with Gasteiger partial charge in [0.05, 0.1) is 12.6 Å². The Morgan fingerprint density at radius 2 is 1.96 bits per heavy atom. The highest BCUT2D eigenvalue weighted by Gasteiger charge is 2.16. The normalized spacial score (nSPS) is 12.2. The molecule has 1 aromatic carbocycles. The first-order valence-electron chi connectivity index (χ1n) is 8.35. The number of hydrogen-bond donors (Lipinski definition) is 2. The monoisotopic (exact) mass is 393 g/mol. The van der Waals surface area contributed by atoms with Crippen LogP contribution in [0.3, 0.4) is 0 Å². The number of halogens is 3. The van der Waals surface area contributed by atoms with Gasteiger partial charge in [0.2, 0.25) is 5.95 Å². The van der Waals surface area contributed by atoms with Gasteiger partial charge in [0.25, 0.3) is 0 Å². The van der Waals surface area contributed by atoms with Crippen LogP contribution in [0.15, 0.2) is 30.3 Å². The van der Waals surface area contributed by atoms with E-state index in [1.165, 1.54) is 6.07 Å². The van der Waals surface area contributed by atoms with Crippen molar-refractivity contribution in [1.29, 1.82) is 0 Å². The number of hydrogen-bond acceptors (Lipinski definition) is 5. The third kappa shape index (κ3) is 4.58. The Bertz CT molecular complexity index is 943. The highest BCUT2D eigenvalue weighted by Crippen LogP contribution is 2.25. The van der Waals surface area contributed by atoms with E-state index in [9.17, 15) is 13.9 Å². The van der Waals surface area contributed by atoms with E-state index in [0.717, 1.165) is 12.1 Å². The van der Waals surface area contributed by atoms with Gasteiger partial charge in [-0.2, -0.15) is 4.98 Å². The number of aliphatic hydroxyl groups is 1. The summed E-state index contributed by atoms with van der Waals surface area (Å²) in [5, 5.41) is 17.5. The van der Waals surface area contributed by atoms with Crippen LogP contribution in [0.5, 0.6) is 0 Å². The van der Waals surface area contributed by atoms with Crippen LogP contribution in [-0.2, 0) is 6.54 Å². The van der Waals surface area contributed by atoms with Crippen LogP contribution in [0.2, 0.25) is 5.15 Å². The molecule has 2 heterocycles. The highest BCUT2D eigenvalue weighted by molar-refractivity contribution is 6.29. The lowest BCUT2D eigenvalue weighted by Gasteiger charge is -2.10. The summed E-state index contributed by atoms with van der Waals surface area (Å²) in [4.78, 5) is 8.55. The van der Waals surface area contributed by atoms with E-state index in [-0.39, 0.29) is 12.5 Å². The minimum absolute atomic E-state index is 0.185. The van der Waals surface area contributed by atoms with Crippen LogP contribution < -0.4 is 5.32 Å². The van der Waals surface area contributed by atoms with Crippen molar-refractivity contribution in [3.8, 4) is 11.4 Å². The van der Waals surface area contributed by atoms with Gasteiger partial charge in [-0.3, -0.25) is 0 Å². The Morgan fingerprint density at radius 3 is 2.63 bits per heavy atom. The smallest absolute Gasteiger partial charge is 0.247 e. The van der Waals surface area contributed by atoms with Gasteiger partial charge in [0, 0.05) is 23.0 Å². The van der Waals surface area contributed by atoms with Gasteiger partial charge < -0.3 is 10.4 Å². The first-order valence-corrected chi connectivity index (χ1v) is 8.73. The number of aromatic nitrogens is 4. The summed E-state index contributed by atoms with van der Waals surface area (Å²) in [6.07, 6.45) is -0.0681. The van der Waals surface area contributed by atoms with Crippen molar-refractivity contribution in [2.24, 2.45) is 0 Å². The maximum Gasteiger partial charge on any atom is 0.247 e. The summed E-state index contributed by atoms with van der Waals surface area (Å²) < 4.78 is 28.1. The predicted molar refractivity (Wildman–Crippen MR) is 98.9 cm³/mol. The van der Waals surface area contributed by atoms with Gasteiger partial charge in [-0.15, -0.1) is 5.10 Å². The Hall–Kier alpha value is -2.58. The molecular formula is C18H18ClF2N5O. The molecule has 142 valence electrons. The third-order valence-corrected chi connectivity index (χ3v) is 4.08. The van der Waals surface area contributed by atoms with Crippen molar-refractivity contribution in [2.75, 3.05) is 5.32 Å². The third-order valence-electron chi connectivity index (χ3n) is 3.88. The number of nitrogens with zero attached hydrogens (tertiary/aromatic N) is 4. The van der Waals surface area contributed by atoms with Gasteiger partial charge in [-0.1, -0.05) is 18.5 Å². The number of benzene rings is 1. The van der Waals surface area contributed by atoms with Crippen LogP contribution in [0.25, 0.3) is 11.4 Å². The summed E-state index contributed by atoms with van der Waals surface area (Å²) in [7, 11) is 0. The number of rotatable bonds is 6. The second kappa shape index (κ2) is 7.98. The van der Waals surface area contributed by atoms with Crippen molar-refractivity contribution in [1.82, 2.24) is 19.7 Å². The summed E-state index contributed by atoms with van der Waals surface area (Å²) in [5.41, 5.74) is 1.69. The average molecular weight is 394 g/mol. The molecular weight excluding hydrogens is 376 g/mol. The molecule has 0 saturated carbocycles. The molecule has 0 fully saturated rings. The minimum atomic E-state index is -0.974. The first-order chi connectivity index (χ1) is 12.9. The molecule has 9 heteroatoms. The molecule has 2 aromatic heterocycles. The Kier molecular flexibility index (Phi) is 5.67. The molecule has 0 saturated heterocycles. The van der Waals surface area contributed by atoms with Crippen LogP contribution in [0.1, 0.15) is 19.0 Å². The SMILES string of the molecule is CC[C@H](O)Cn1nc(Nc2ccc(F)c(F)c2)nc1-c1cc(C)nc(Cl)c1. The second-order valence-electron chi connectivity index (χ2n) is 6.08. The highest BCUT2D eigenvalue weighted by atomic mass is 35.5. The molecule has 0 amide bonds. The standard InChI is InChI=1S/C18H18ClF2N5O/c1-3-13(27)9-26-17(11-6-10(2)22-16(19)7-11)24-18(25-26)23-12-4-5-14(20)15(21)8-12/h4-8,13,27H,3,9H2,1-2H3,(H,23,25)/t13-/m0/s1. The van der Waals surface area contributed by atoms with Gasteiger partial charge in [0.1, 0.15) is 5.15 Å². The Balaban J connectivity index is 1.99. The fourth-order valence-corrected chi connectivity index (χ4v) is 2.78. The molecule has 0 aliphatic heterocycles. The Morgan fingerprint density at radius 1 is 1.19 bits per heavy atom. The average Bonchev–Trinajstić information content (AvgIpc) is 2.99. The zero-order valence-corrected chi connectivity index (χ0v) is 15.5. The molecule has 0 unspecified atom stereocenters. The Labute approximate surface area is 159 Å². The van der Waals surface area contributed by atoms with Gasteiger partial charge in [0.15, 0.2) is 17.5 Å². The molecule has 0 bridgehead atoms. The maximum atomic E-state index is 13.4. The number of anilines is 2. The van der Waals surface area contributed by atoms with Crippen LogP contribution >= 0.6 is 11.6 Å². The largest absolute Gasteiger partial charge is 0.391 e. The van der Waals surface area contributed by atoms with Crippen molar-refractivity contribution in [2.45, 2.75) is 32.9 Å². The molecule has 0 aliphatic carbocycles. The van der Waals surface area contributed by atoms with Crippen molar-refractivity contribution >= 4 is 23.2 Å². The van der Waals surface area contributed by atoms with E-state index in [2.05, 4.69) is 20.4 Å². The van der Waals surface area contributed by atoms with E-state index in [1.54, 1.807) is 23.7 Å². The minimum Gasteiger partial charge on any atom is -0.391 e. The molecule has 3 aromatic rings. The second-order valence-corrected chi connectivity index (χ2v) is 6.46. The fourth-order valence-electron chi connectivity index (χ4n) is 2.52. The van der Waals surface area contributed by atoms with Gasteiger partial charge >= 0.3 is 0 Å².